The van der Waals surface area contributed by atoms with Gasteiger partial charge in [-0.25, -0.2) is 9.78 Å². The second kappa shape index (κ2) is 7.94. The van der Waals surface area contributed by atoms with Gasteiger partial charge < -0.3 is 15.4 Å². The summed E-state index contributed by atoms with van der Waals surface area (Å²) in [6.07, 6.45) is 3.41. The standard InChI is InChI=1S/C16H26N4O3S/c1-11(21)18-14-17-8-13(24-14)10-20-7-5-6-12(9-20)19-15(22)23-16(2,3)4/h8,12H,5-7,9-10H2,1-4H3,(H,19,22)(H,17,18,21). The molecule has 0 aromatic carbocycles. The maximum Gasteiger partial charge on any atom is 0.407 e. The van der Waals surface area contributed by atoms with Crippen LogP contribution in [0.1, 0.15) is 45.4 Å². The number of rotatable bonds is 4. The molecule has 0 radical (unpaired) electrons. The van der Waals surface area contributed by atoms with Crippen LogP contribution in [0.4, 0.5) is 9.93 Å². The second-order valence-electron chi connectivity index (χ2n) is 7.03. The molecule has 1 fully saturated rings. The van der Waals surface area contributed by atoms with E-state index in [1.54, 1.807) is 6.20 Å². The van der Waals surface area contributed by atoms with E-state index >= 15 is 0 Å². The highest BCUT2D eigenvalue weighted by Crippen LogP contribution is 2.21. The van der Waals surface area contributed by atoms with Gasteiger partial charge in [0.25, 0.3) is 0 Å². The van der Waals surface area contributed by atoms with E-state index in [-0.39, 0.29) is 18.0 Å². The molecule has 1 atom stereocenters. The summed E-state index contributed by atoms with van der Waals surface area (Å²) in [6.45, 7) is 9.58. The Morgan fingerprint density at radius 2 is 2.21 bits per heavy atom. The highest BCUT2D eigenvalue weighted by molar-refractivity contribution is 7.15. The van der Waals surface area contributed by atoms with E-state index in [9.17, 15) is 9.59 Å². The number of carbonyl (C=O) groups excluding carboxylic acids is 2. The third-order valence-corrected chi connectivity index (χ3v) is 4.34. The Hall–Kier alpha value is -1.67. The quantitative estimate of drug-likeness (QED) is 0.868. The summed E-state index contributed by atoms with van der Waals surface area (Å²) in [6, 6.07) is 0.0938. The molecule has 0 spiro atoms. The molecule has 1 unspecified atom stereocenters. The Balaban J connectivity index is 1.83. The summed E-state index contributed by atoms with van der Waals surface area (Å²) >= 11 is 1.48. The number of nitrogens with zero attached hydrogens (tertiary/aromatic N) is 2. The van der Waals surface area contributed by atoms with Gasteiger partial charge in [0.05, 0.1) is 0 Å². The highest BCUT2D eigenvalue weighted by Gasteiger charge is 2.24. The number of piperidine rings is 1. The molecule has 2 heterocycles. The minimum atomic E-state index is -0.485. The number of hydrogen-bond acceptors (Lipinski definition) is 6. The van der Waals surface area contributed by atoms with Crippen LogP contribution >= 0.6 is 11.3 Å². The Morgan fingerprint density at radius 3 is 2.88 bits per heavy atom. The summed E-state index contributed by atoms with van der Waals surface area (Å²) in [7, 11) is 0. The molecular formula is C16H26N4O3S. The number of ether oxygens (including phenoxy) is 1. The van der Waals surface area contributed by atoms with Crippen LogP contribution in [0.25, 0.3) is 0 Å². The van der Waals surface area contributed by atoms with Crippen molar-refractivity contribution in [2.75, 3.05) is 18.4 Å². The van der Waals surface area contributed by atoms with Crippen molar-refractivity contribution in [1.82, 2.24) is 15.2 Å². The van der Waals surface area contributed by atoms with Crippen LogP contribution in [0.15, 0.2) is 6.20 Å². The third kappa shape index (κ3) is 6.45. The van der Waals surface area contributed by atoms with E-state index in [0.717, 1.165) is 37.4 Å². The summed E-state index contributed by atoms with van der Waals surface area (Å²) in [5.41, 5.74) is -0.485. The van der Waals surface area contributed by atoms with Gasteiger partial charge in [0.15, 0.2) is 5.13 Å². The molecule has 2 amide bonds. The van der Waals surface area contributed by atoms with Gasteiger partial charge in [-0.2, -0.15) is 0 Å². The maximum atomic E-state index is 11.9. The fourth-order valence-corrected chi connectivity index (χ4v) is 3.50. The number of likely N-dealkylation sites (tertiary alicyclic amines) is 1. The first-order valence-electron chi connectivity index (χ1n) is 8.15. The number of alkyl carbamates (subject to hydrolysis) is 1. The monoisotopic (exact) mass is 354 g/mol. The molecule has 1 aromatic rings. The molecule has 2 rings (SSSR count). The first-order chi connectivity index (χ1) is 11.2. The van der Waals surface area contributed by atoms with Crippen LogP contribution in [0.2, 0.25) is 0 Å². The number of aromatic nitrogens is 1. The zero-order valence-corrected chi connectivity index (χ0v) is 15.5. The summed E-state index contributed by atoms with van der Waals surface area (Å²) in [4.78, 5) is 30.5. The average Bonchev–Trinajstić information content (AvgIpc) is 2.83. The first-order valence-corrected chi connectivity index (χ1v) is 8.97. The van der Waals surface area contributed by atoms with Gasteiger partial charge in [0.1, 0.15) is 5.60 Å². The Kier molecular flexibility index (Phi) is 6.17. The summed E-state index contributed by atoms with van der Waals surface area (Å²) in [5, 5.41) is 6.27. The van der Waals surface area contributed by atoms with Crippen LogP contribution in [0.5, 0.6) is 0 Å². The maximum absolute atomic E-state index is 11.9. The normalized spacial score (nSPS) is 18.9. The topological polar surface area (TPSA) is 83.6 Å². The average molecular weight is 354 g/mol. The molecule has 0 aliphatic carbocycles. The van der Waals surface area contributed by atoms with Crippen molar-refractivity contribution in [2.45, 2.75) is 58.7 Å². The van der Waals surface area contributed by atoms with Gasteiger partial charge in [-0.3, -0.25) is 9.69 Å². The van der Waals surface area contributed by atoms with Gasteiger partial charge in [-0.15, -0.1) is 11.3 Å². The molecule has 2 N–H and O–H groups in total. The van der Waals surface area contributed by atoms with Crippen LogP contribution in [-0.4, -0.2) is 46.6 Å². The first kappa shape index (κ1) is 18.7. The van der Waals surface area contributed by atoms with Crippen molar-refractivity contribution in [3.63, 3.8) is 0 Å². The Labute approximate surface area is 146 Å². The molecule has 0 saturated carbocycles. The molecule has 8 heteroatoms. The van der Waals surface area contributed by atoms with E-state index in [2.05, 4.69) is 20.5 Å². The third-order valence-electron chi connectivity index (χ3n) is 3.44. The largest absolute Gasteiger partial charge is 0.444 e. The van der Waals surface area contributed by atoms with Crippen LogP contribution < -0.4 is 10.6 Å². The summed E-state index contributed by atoms with van der Waals surface area (Å²) in [5.74, 6) is -0.115. The number of carbonyl (C=O) groups is 2. The van der Waals surface area contributed by atoms with Crippen LogP contribution in [0, 0.1) is 0 Å². The van der Waals surface area contributed by atoms with E-state index in [1.165, 1.54) is 18.3 Å². The molecule has 7 nitrogen and oxygen atoms in total. The van der Waals surface area contributed by atoms with Gasteiger partial charge in [0.2, 0.25) is 5.91 Å². The highest BCUT2D eigenvalue weighted by atomic mass is 32.1. The van der Waals surface area contributed by atoms with Gasteiger partial charge >= 0.3 is 6.09 Å². The van der Waals surface area contributed by atoms with Crippen LogP contribution in [-0.2, 0) is 16.1 Å². The van der Waals surface area contributed by atoms with Crippen molar-refractivity contribution in [1.29, 1.82) is 0 Å². The van der Waals surface area contributed by atoms with E-state index < -0.39 is 5.60 Å². The van der Waals surface area contributed by atoms with E-state index in [1.807, 2.05) is 20.8 Å². The van der Waals surface area contributed by atoms with E-state index in [0.29, 0.717) is 5.13 Å². The summed E-state index contributed by atoms with van der Waals surface area (Å²) < 4.78 is 5.32. The smallest absolute Gasteiger partial charge is 0.407 e. The molecule has 1 saturated heterocycles. The van der Waals surface area contributed by atoms with Crippen molar-refractivity contribution >= 4 is 28.5 Å². The fraction of sp³-hybridized carbons (Fsp3) is 0.688. The molecule has 1 aliphatic heterocycles. The minimum absolute atomic E-state index is 0.0938. The molecule has 1 aliphatic rings. The Morgan fingerprint density at radius 1 is 1.46 bits per heavy atom. The van der Waals surface area contributed by atoms with Crippen molar-refractivity contribution in [3.05, 3.63) is 11.1 Å². The molecule has 24 heavy (non-hydrogen) atoms. The molecular weight excluding hydrogens is 328 g/mol. The lowest BCUT2D eigenvalue weighted by atomic mass is 10.1. The SMILES string of the molecule is CC(=O)Nc1ncc(CN2CCCC(NC(=O)OC(C)(C)C)C2)s1. The van der Waals surface area contributed by atoms with Crippen molar-refractivity contribution in [2.24, 2.45) is 0 Å². The van der Waals surface area contributed by atoms with E-state index in [4.69, 9.17) is 4.74 Å². The lowest BCUT2D eigenvalue weighted by Gasteiger charge is -2.33. The zero-order chi connectivity index (χ0) is 17.7. The molecule has 1 aromatic heterocycles. The number of amides is 2. The number of nitrogens with one attached hydrogen (secondary N) is 2. The minimum Gasteiger partial charge on any atom is -0.444 e. The number of thiazole rings is 1. The second-order valence-corrected chi connectivity index (χ2v) is 8.15. The predicted octanol–water partition coefficient (Wildman–Crippen LogP) is 2.59. The van der Waals surface area contributed by atoms with Crippen LogP contribution in [0.3, 0.4) is 0 Å². The number of anilines is 1. The van der Waals surface area contributed by atoms with Crippen molar-refractivity contribution in [3.8, 4) is 0 Å². The lowest BCUT2D eigenvalue weighted by Crippen LogP contribution is -2.48. The van der Waals surface area contributed by atoms with Gasteiger partial charge in [-0.1, -0.05) is 0 Å². The number of hydrogen-bond donors (Lipinski definition) is 2. The fourth-order valence-electron chi connectivity index (χ4n) is 2.60. The van der Waals surface area contributed by atoms with Crippen molar-refractivity contribution < 1.29 is 14.3 Å². The lowest BCUT2D eigenvalue weighted by molar-refractivity contribution is -0.114. The van der Waals surface area contributed by atoms with Gasteiger partial charge in [0, 0.05) is 37.1 Å². The predicted molar refractivity (Wildman–Crippen MR) is 94.1 cm³/mol. The molecule has 0 bridgehead atoms. The van der Waals surface area contributed by atoms with Gasteiger partial charge in [-0.05, 0) is 40.2 Å². The Bertz CT molecular complexity index is 582. The zero-order valence-electron chi connectivity index (χ0n) is 14.7. The molecule has 134 valence electrons.